The first kappa shape index (κ1) is 19.3. The molecule has 0 aliphatic carbocycles. The summed E-state index contributed by atoms with van der Waals surface area (Å²) in [5.41, 5.74) is 1.84. The maximum absolute atomic E-state index is 13.3. The third-order valence-electron chi connectivity index (χ3n) is 4.89. The third-order valence-corrected chi connectivity index (χ3v) is 4.89. The normalized spacial score (nSPS) is 10.8. The number of carbonyl (C=O) groups excluding carboxylic acids is 2. The lowest BCUT2D eigenvalue weighted by atomic mass is 10.0. The van der Waals surface area contributed by atoms with E-state index in [0.717, 1.165) is 0 Å². The van der Waals surface area contributed by atoms with E-state index < -0.39 is 11.9 Å². The number of carbonyl (C=O) groups is 3. The van der Waals surface area contributed by atoms with Gasteiger partial charge in [-0.25, -0.2) is 9.59 Å². The fraction of sp³-hybridized carbons (Fsp3) is 0.0833. The summed E-state index contributed by atoms with van der Waals surface area (Å²) in [7, 11) is 0. The highest BCUT2D eigenvalue weighted by Gasteiger charge is 2.27. The average molecular weight is 400 g/mol. The summed E-state index contributed by atoms with van der Waals surface area (Å²) < 4.78 is 7.30. The van der Waals surface area contributed by atoms with Crippen LogP contribution in [0, 0.1) is 0 Å². The Morgan fingerprint density at radius 1 is 0.833 bits per heavy atom. The fourth-order valence-electron chi connectivity index (χ4n) is 3.64. The molecule has 0 spiro atoms. The molecular weight excluding hydrogens is 382 g/mol. The van der Waals surface area contributed by atoms with E-state index in [-0.39, 0.29) is 18.1 Å². The van der Waals surface area contributed by atoms with E-state index in [1.165, 1.54) is 6.92 Å². The molecule has 3 aromatic carbocycles. The van der Waals surface area contributed by atoms with E-state index in [9.17, 15) is 19.5 Å². The highest BCUT2D eigenvalue weighted by molar-refractivity contribution is 6.13. The van der Waals surface area contributed by atoms with E-state index in [1.54, 1.807) is 77.4 Å². The number of aliphatic carboxylic acids is 1. The van der Waals surface area contributed by atoms with Crippen molar-refractivity contribution < 1.29 is 28.8 Å². The first-order valence-electron chi connectivity index (χ1n) is 9.34. The second-order valence-corrected chi connectivity index (χ2v) is 6.83. The van der Waals surface area contributed by atoms with Crippen LogP contribution in [-0.4, -0.2) is 22.8 Å². The lowest BCUT2D eigenvalue weighted by Crippen LogP contribution is -2.40. The van der Waals surface area contributed by atoms with E-state index in [2.05, 4.69) is 0 Å². The maximum Gasteiger partial charge on any atom is 0.370 e. The molecule has 0 saturated heterocycles. The number of Topliss-reactive ketones (excluding diaryl/α,β-unsaturated/α-hetero) is 1. The summed E-state index contributed by atoms with van der Waals surface area (Å²) in [5.74, 6) is -1.62. The van der Waals surface area contributed by atoms with Crippen LogP contribution in [0.5, 0.6) is 5.75 Å². The highest BCUT2D eigenvalue weighted by Crippen LogP contribution is 2.27. The van der Waals surface area contributed by atoms with Crippen LogP contribution in [0.4, 0.5) is 0 Å². The molecule has 6 nitrogen and oxygen atoms in total. The van der Waals surface area contributed by atoms with Crippen LogP contribution in [-0.2, 0) is 11.3 Å². The molecule has 30 heavy (non-hydrogen) atoms. The van der Waals surface area contributed by atoms with Crippen LogP contribution in [0.1, 0.15) is 27.6 Å². The third kappa shape index (κ3) is 3.39. The second-order valence-electron chi connectivity index (χ2n) is 6.83. The summed E-state index contributed by atoms with van der Waals surface area (Å²) in [5, 5.41) is 10.5. The van der Waals surface area contributed by atoms with Crippen LogP contribution >= 0.6 is 0 Å². The predicted octanol–water partition coefficient (Wildman–Crippen LogP) is 3.79. The van der Waals surface area contributed by atoms with Crippen molar-refractivity contribution in [3.8, 4) is 5.75 Å². The smallest absolute Gasteiger partial charge is 0.370 e. The van der Waals surface area contributed by atoms with Crippen molar-refractivity contribution in [1.82, 2.24) is 0 Å². The summed E-state index contributed by atoms with van der Waals surface area (Å²) in [6, 6.07) is 20.8. The van der Waals surface area contributed by atoms with Gasteiger partial charge in [0.25, 0.3) is 0 Å². The molecule has 148 valence electrons. The number of ether oxygens (including phenoxy) is 1. The van der Waals surface area contributed by atoms with Gasteiger partial charge in [-0.15, -0.1) is 0 Å². The van der Waals surface area contributed by atoms with Crippen molar-refractivity contribution in [2.75, 3.05) is 0 Å². The van der Waals surface area contributed by atoms with Gasteiger partial charge in [0.1, 0.15) is 5.75 Å². The van der Waals surface area contributed by atoms with Crippen LogP contribution < -0.4 is 9.30 Å². The number of pyridine rings is 1. The van der Waals surface area contributed by atoms with Crippen LogP contribution in [0.2, 0.25) is 0 Å². The molecule has 0 bridgehead atoms. The topological polar surface area (TPSA) is 84.6 Å². The Labute approximate surface area is 171 Å². The van der Waals surface area contributed by atoms with Crippen molar-refractivity contribution >= 4 is 39.5 Å². The number of fused-ring (bicyclic) bond motifs is 2. The Morgan fingerprint density at radius 3 is 1.93 bits per heavy atom. The number of aromatic nitrogens is 1. The highest BCUT2D eigenvalue weighted by atomic mass is 16.5. The van der Waals surface area contributed by atoms with Gasteiger partial charge in [0.15, 0.2) is 5.78 Å². The molecule has 0 fully saturated rings. The molecule has 4 rings (SSSR count). The standard InChI is InChI=1S/C24H17NO5/c1-15(26)16-8-4-7-13-21(16)30-24(29)23-17-9-2-5-11-19(17)25(14-22(27)28)20-12-6-3-10-18(20)23/h2-13H,14H2,1H3/p+1. The number of hydrogen-bond donors (Lipinski definition) is 1. The number of carboxylic acids is 1. The lowest BCUT2D eigenvalue weighted by molar-refractivity contribution is -0.633. The zero-order chi connectivity index (χ0) is 21.3. The van der Waals surface area contributed by atoms with Crippen LogP contribution in [0.3, 0.4) is 0 Å². The molecule has 1 heterocycles. The first-order valence-corrected chi connectivity index (χ1v) is 9.34. The monoisotopic (exact) mass is 400 g/mol. The number of carboxylic acid groups (broad SMARTS) is 1. The van der Waals surface area contributed by atoms with Gasteiger partial charge in [0.05, 0.1) is 21.9 Å². The number of benzene rings is 3. The zero-order valence-electron chi connectivity index (χ0n) is 16.2. The number of rotatable bonds is 5. The molecule has 0 aliphatic heterocycles. The fourth-order valence-corrected chi connectivity index (χ4v) is 3.64. The Kier molecular flexibility index (Phi) is 4.98. The van der Waals surface area contributed by atoms with Gasteiger partial charge in [0.2, 0.25) is 17.6 Å². The molecule has 1 N–H and O–H groups in total. The van der Waals surface area contributed by atoms with Crippen molar-refractivity contribution in [3.05, 3.63) is 83.9 Å². The number of para-hydroxylation sites is 3. The van der Waals surface area contributed by atoms with Crippen molar-refractivity contribution in [3.63, 3.8) is 0 Å². The Balaban J connectivity index is 1.96. The minimum atomic E-state index is -0.985. The summed E-state index contributed by atoms with van der Waals surface area (Å²) >= 11 is 0. The molecule has 6 heteroatoms. The molecule has 0 unspecified atom stereocenters. The van der Waals surface area contributed by atoms with Crippen molar-refractivity contribution in [2.24, 2.45) is 0 Å². The molecule has 0 aliphatic rings. The quantitative estimate of drug-likeness (QED) is 0.181. The average Bonchev–Trinajstić information content (AvgIpc) is 2.73. The minimum absolute atomic E-state index is 0.186. The number of hydrogen-bond acceptors (Lipinski definition) is 4. The van der Waals surface area contributed by atoms with E-state index in [4.69, 9.17) is 4.74 Å². The molecular formula is C24H18NO5+. The molecule has 1 aromatic heterocycles. The maximum atomic E-state index is 13.3. The van der Waals surface area contributed by atoms with E-state index in [1.807, 2.05) is 0 Å². The molecule has 0 saturated carbocycles. The van der Waals surface area contributed by atoms with Gasteiger partial charge in [-0.1, -0.05) is 36.4 Å². The summed E-state index contributed by atoms with van der Waals surface area (Å²) in [6.45, 7) is 1.17. The van der Waals surface area contributed by atoms with Crippen molar-refractivity contribution in [1.29, 1.82) is 0 Å². The van der Waals surface area contributed by atoms with Crippen molar-refractivity contribution in [2.45, 2.75) is 13.5 Å². The van der Waals surface area contributed by atoms with Gasteiger partial charge in [-0.2, -0.15) is 4.57 Å². The summed E-state index contributed by atoms with van der Waals surface area (Å²) in [4.78, 5) is 36.7. The molecule has 4 aromatic rings. The van der Waals surface area contributed by atoms with Gasteiger partial charge in [-0.3, -0.25) is 4.79 Å². The van der Waals surface area contributed by atoms with Crippen LogP contribution in [0.25, 0.3) is 21.8 Å². The molecule has 0 radical (unpaired) electrons. The molecule has 0 amide bonds. The van der Waals surface area contributed by atoms with Gasteiger partial charge >= 0.3 is 11.9 Å². The van der Waals surface area contributed by atoms with Gasteiger partial charge in [-0.05, 0) is 31.2 Å². The SMILES string of the molecule is CC(=O)c1ccccc1OC(=O)c1c2ccccc2[n+](CC(=O)O)c2ccccc12. The van der Waals surface area contributed by atoms with E-state index in [0.29, 0.717) is 32.9 Å². The number of ketones is 1. The number of esters is 1. The lowest BCUT2D eigenvalue weighted by Gasteiger charge is -2.12. The number of nitrogens with zero attached hydrogens (tertiary/aromatic N) is 1. The molecule has 0 atom stereocenters. The zero-order valence-corrected chi connectivity index (χ0v) is 16.2. The summed E-state index contributed by atoms with van der Waals surface area (Å²) in [6.07, 6.45) is 0. The largest absolute Gasteiger partial charge is 0.477 e. The Hall–Kier alpha value is -4.06. The van der Waals surface area contributed by atoms with Gasteiger partial charge < -0.3 is 9.84 Å². The van der Waals surface area contributed by atoms with Gasteiger partial charge in [0, 0.05) is 12.1 Å². The Bertz CT molecular complexity index is 1270. The van der Waals surface area contributed by atoms with E-state index >= 15 is 0 Å². The first-order chi connectivity index (χ1) is 14.5. The van der Waals surface area contributed by atoms with Crippen LogP contribution in [0.15, 0.2) is 72.8 Å². The predicted molar refractivity (Wildman–Crippen MR) is 111 cm³/mol. The second kappa shape index (κ2) is 7.75. The minimum Gasteiger partial charge on any atom is -0.477 e. The Morgan fingerprint density at radius 2 is 1.37 bits per heavy atom.